The van der Waals surface area contributed by atoms with Crippen molar-refractivity contribution in [3.63, 3.8) is 0 Å². The average Bonchev–Trinajstić information content (AvgIpc) is 3.06. The summed E-state index contributed by atoms with van der Waals surface area (Å²) in [5.74, 6) is 2.71. The van der Waals surface area contributed by atoms with Gasteiger partial charge in [-0.25, -0.2) is 0 Å². The van der Waals surface area contributed by atoms with Crippen LogP contribution < -0.4 is 5.32 Å². The largest absolute Gasteiger partial charge is 0.461 e. The van der Waals surface area contributed by atoms with Crippen LogP contribution in [0.2, 0.25) is 0 Å². The summed E-state index contributed by atoms with van der Waals surface area (Å²) in [6, 6.07) is 3.87. The van der Waals surface area contributed by atoms with E-state index in [1.165, 1.54) is 12.5 Å². The number of amides is 1. The summed E-state index contributed by atoms with van der Waals surface area (Å²) in [6.45, 7) is 3.54. The smallest absolute Gasteiger partial charge is 0.244 e. The third kappa shape index (κ3) is 3.78. The van der Waals surface area contributed by atoms with E-state index in [0.717, 1.165) is 5.76 Å². The highest BCUT2D eigenvalue weighted by molar-refractivity contribution is 5.91. The Hall–Kier alpha value is -1.59. The van der Waals surface area contributed by atoms with Gasteiger partial charge in [-0.1, -0.05) is 6.92 Å². The van der Waals surface area contributed by atoms with E-state index in [9.17, 15) is 9.90 Å². The lowest BCUT2D eigenvalue weighted by molar-refractivity contribution is -0.119. The number of nitrogens with one attached hydrogen (secondary N) is 1. The van der Waals surface area contributed by atoms with Crippen molar-refractivity contribution in [1.82, 2.24) is 5.32 Å². The van der Waals surface area contributed by atoms with E-state index in [0.29, 0.717) is 43.7 Å². The summed E-state index contributed by atoms with van der Waals surface area (Å²) in [6.07, 6.45) is 5.40. The quantitative estimate of drug-likeness (QED) is 0.817. The lowest BCUT2D eigenvalue weighted by Gasteiger charge is -2.31. The Morgan fingerprint density at radius 2 is 2.18 bits per heavy atom. The van der Waals surface area contributed by atoms with Gasteiger partial charge < -0.3 is 19.6 Å². The van der Waals surface area contributed by atoms with Crippen LogP contribution in [0.3, 0.4) is 0 Å². The first kappa shape index (κ1) is 15.3. The van der Waals surface area contributed by atoms with Gasteiger partial charge in [-0.05, 0) is 30.5 Å². The number of carbonyl (C=O) groups is 1. The van der Waals surface area contributed by atoms with Crippen LogP contribution in [0.25, 0.3) is 6.08 Å². The van der Waals surface area contributed by atoms with Gasteiger partial charge in [0.05, 0.1) is 5.60 Å². The molecule has 2 fully saturated rings. The Kier molecular flexibility index (Phi) is 4.36. The van der Waals surface area contributed by atoms with E-state index in [1.807, 2.05) is 12.1 Å². The molecule has 2 aliphatic rings. The normalized spacial score (nSPS) is 27.0. The number of aliphatic hydroxyl groups is 1. The fourth-order valence-electron chi connectivity index (χ4n) is 2.77. The molecule has 120 valence electrons. The van der Waals surface area contributed by atoms with Crippen molar-refractivity contribution in [2.75, 3.05) is 19.8 Å². The minimum absolute atomic E-state index is 0.224. The molecular weight excluding hydrogens is 282 g/mol. The third-order valence-electron chi connectivity index (χ3n) is 4.54. The fourth-order valence-corrected chi connectivity index (χ4v) is 2.77. The highest BCUT2D eigenvalue weighted by Crippen LogP contribution is 2.47. The zero-order valence-corrected chi connectivity index (χ0v) is 12.9. The molecule has 1 saturated heterocycles. The minimum atomic E-state index is -0.846. The van der Waals surface area contributed by atoms with Crippen molar-refractivity contribution in [3.05, 3.63) is 29.7 Å². The van der Waals surface area contributed by atoms with Crippen LogP contribution in [0.5, 0.6) is 0 Å². The summed E-state index contributed by atoms with van der Waals surface area (Å²) in [5, 5.41) is 13.0. The van der Waals surface area contributed by atoms with Crippen LogP contribution in [0.4, 0.5) is 0 Å². The molecule has 0 aromatic carbocycles. The summed E-state index contributed by atoms with van der Waals surface area (Å²) in [7, 11) is 0. The van der Waals surface area contributed by atoms with Gasteiger partial charge in [0.15, 0.2) is 0 Å². The van der Waals surface area contributed by atoms with Crippen LogP contribution in [-0.4, -0.2) is 36.4 Å². The highest BCUT2D eigenvalue weighted by Gasteiger charge is 2.36. The maximum absolute atomic E-state index is 11.8. The second-order valence-corrected chi connectivity index (χ2v) is 6.45. The maximum atomic E-state index is 11.8. The van der Waals surface area contributed by atoms with Gasteiger partial charge in [0, 0.05) is 44.6 Å². The lowest BCUT2D eigenvalue weighted by atomic mass is 9.94. The van der Waals surface area contributed by atoms with Gasteiger partial charge in [-0.3, -0.25) is 4.79 Å². The monoisotopic (exact) mass is 305 g/mol. The van der Waals surface area contributed by atoms with Gasteiger partial charge in [0.1, 0.15) is 11.5 Å². The Labute approximate surface area is 130 Å². The average molecular weight is 305 g/mol. The molecule has 2 atom stereocenters. The van der Waals surface area contributed by atoms with Gasteiger partial charge in [-0.2, -0.15) is 0 Å². The number of hydrogen-bond acceptors (Lipinski definition) is 4. The Morgan fingerprint density at radius 3 is 2.86 bits per heavy atom. The molecule has 1 aliphatic carbocycles. The first-order chi connectivity index (χ1) is 10.6. The molecule has 1 aliphatic heterocycles. The van der Waals surface area contributed by atoms with Gasteiger partial charge in [0.2, 0.25) is 5.91 Å². The first-order valence-corrected chi connectivity index (χ1v) is 7.91. The van der Waals surface area contributed by atoms with Gasteiger partial charge >= 0.3 is 0 Å². The van der Waals surface area contributed by atoms with E-state index in [4.69, 9.17) is 9.15 Å². The van der Waals surface area contributed by atoms with Crippen molar-refractivity contribution in [2.45, 2.75) is 37.7 Å². The van der Waals surface area contributed by atoms with Crippen molar-refractivity contribution >= 4 is 12.0 Å². The van der Waals surface area contributed by atoms with E-state index in [-0.39, 0.29) is 12.5 Å². The van der Waals surface area contributed by atoms with Gasteiger partial charge in [0.25, 0.3) is 0 Å². The predicted molar refractivity (Wildman–Crippen MR) is 82.3 cm³/mol. The number of hydrogen-bond donors (Lipinski definition) is 2. The highest BCUT2D eigenvalue weighted by atomic mass is 16.5. The molecule has 0 spiro atoms. The number of carbonyl (C=O) groups excluding carboxylic acids is 1. The molecule has 3 rings (SSSR count). The van der Waals surface area contributed by atoms with E-state index >= 15 is 0 Å². The zero-order valence-electron chi connectivity index (χ0n) is 12.9. The predicted octanol–water partition coefficient (Wildman–Crippen LogP) is 2.07. The Morgan fingerprint density at radius 1 is 1.45 bits per heavy atom. The Bertz CT molecular complexity index is 557. The molecule has 1 amide bonds. The summed E-state index contributed by atoms with van der Waals surface area (Å²) < 4.78 is 10.9. The molecule has 1 aromatic rings. The molecule has 5 nitrogen and oxygen atoms in total. The molecule has 1 aromatic heterocycles. The standard InChI is InChI=1S/C17H23NO4/c1-12-10-14(12)15-4-2-13(22-15)3-5-16(19)18-11-17(20)6-8-21-9-7-17/h2-5,12,14,20H,6-11H2,1H3,(H,18,19). The van der Waals surface area contributed by atoms with Crippen LogP contribution >= 0.6 is 0 Å². The topological polar surface area (TPSA) is 71.7 Å². The number of rotatable bonds is 5. The molecule has 2 heterocycles. The van der Waals surface area contributed by atoms with Crippen molar-refractivity contribution in [2.24, 2.45) is 5.92 Å². The summed E-state index contributed by atoms with van der Waals surface area (Å²) in [5.41, 5.74) is -0.846. The molecule has 22 heavy (non-hydrogen) atoms. The zero-order chi connectivity index (χ0) is 15.6. The van der Waals surface area contributed by atoms with Crippen LogP contribution in [-0.2, 0) is 9.53 Å². The fraction of sp³-hybridized carbons (Fsp3) is 0.588. The SMILES string of the molecule is CC1CC1c1ccc(C=CC(=O)NCC2(O)CCOCC2)o1. The molecule has 5 heteroatoms. The lowest BCUT2D eigenvalue weighted by Crippen LogP contribution is -2.46. The van der Waals surface area contributed by atoms with Crippen molar-refractivity contribution < 1.29 is 19.1 Å². The minimum Gasteiger partial charge on any atom is -0.461 e. The second-order valence-electron chi connectivity index (χ2n) is 6.45. The Balaban J connectivity index is 1.47. The molecule has 2 unspecified atom stereocenters. The van der Waals surface area contributed by atoms with Gasteiger partial charge in [-0.15, -0.1) is 0 Å². The van der Waals surface area contributed by atoms with E-state index in [2.05, 4.69) is 12.2 Å². The van der Waals surface area contributed by atoms with Crippen LogP contribution in [0.15, 0.2) is 22.6 Å². The number of furan rings is 1. The number of ether oxygens (including phenoxy) is 1. The van der Waals surface area contributed by atoms with Crippen molar-refractivity contribution in [1.29, 1.82) is 0 Å². The molecule has 1 saturated carbocycles. The first-order valence-electron chi connectivity index (χ1n) is 7.91. The second kappa shape index (κ2) is 6.26. The van der Waals surface area contributed by atoms with E-state index < -0.39 is 5.60 Å². The maximum Gasteiger partial charge on any atom is 0.244 e. The van der Waals surface area contributed by atoms with Crippen molar-refractivity contribution in [3.8, 4) is 0 Å². The van der Waals surface area contributed by atoms with E-state index in [1.54, 1.807) is 6.08 Å². The molecular formula is C17H23NO4. The summed E-state index contributed by atoms with van der Waals surface area (Å²) in [4.78, 5) is 11.8. The molecule has 0 bridgehead atoms. The van der Waals surface area contributed by atoms with Crippen LogP contribution in [0.1, 0.15) is 43.6 Å². The summed E-state index contributed by atoms with van der Waals surface area (Å²) >= 11 is 0. The molecule has 0 radical (unpaired) electrons. The third-order valence-corrected chi connectivity index (χ3v) is 4.54. The van der Waals surface area contributed by atoms with Crippen LogP contribution in [0, 0.1) is 5.92 Å². The molecule has 2 N–H and O–H groups in total.